The first-order chi connectivity index (χ1) is 8.42. The van der Waals surface area contributed by atoms with E-state index >= 15 is 0 Å². The number of hydrogen-bond acceptors (Lipinski definition) is 1. The molecule has 0 unspecified atom stereocenters. The Morgan fingerprint density at radius 2 is 1.71 bits per heavy atom. The highest BCUT2D eigenvalue weighted by molar-refractivity contribution is 5.33. The van der Waals surface area contributed by atoms with E-state index in [0.717, 1.165) is 12.6 Å². The van der Waals surface area contributed by atoms with Crippen molar-refractivity contribution in [3.05, 3.63) is 34.9 Å². The SMILES string of the molecule is c1cc2c(cc1CNC1CCCC1)CCCC2. The minimum Gasteiger partial charge on any atom is -0.310 e. The van der Waals surface area contributed by atoms with Gasteiger partial charge in [0.05, 0.1) is 0 Å². The van der Waals surface area contributed by atoms with Crippen LogP contribution < -0.4 is 5.32 Å². The normalized spacial score (nSPS) is 20.5. The Labute approximate surface area is 105 Å². The molecule has 1 saturated carbocycles. The third-order valence-electron chi connectivity index (χ3n) is 4.36. The van der Waals surface area contributed by atoms with E-state index in [4.69, 9.17) is 0 Å². The molecule has 17 heavy (non-hydrogen) atoms. The first-order valence-electron chi connectivity index (χ1n) is 7.26. The molecule has 1 aromatic rings. The number of nitrogens with one attached hydrogen (secondary N) is 1. The summed E-state index contributed by atoms with van der Waals surface area (Å²) in [4.78, 5) is 0. The van der Waals surface area contributed by atoms with Crippen LogP contribution >= 0.6 is 0 Å². The molecule has 1 aromatic carbocycles. The molecule has 0 aliphatic heterocycles. The van der Waals surface area contributed by atoms with Crippen molar-refractivity contribution in [2.75, 3.05) is 0 Å². The average Bonchev–Trinajstić information content (AvgIpc) is 2.89. The van der Waals surface area contributed by atoms with Crippen LogP contribution in [0.1, 0.15) is 55.2 Å². The molecule has 0 saturated heterocycles. The fourth-order valence-electron chi connectivity index (χ4n) is 3.29. The fourth-order valence-corrected chi connectivity index (χ4v) is 3.29. The van der Waals surface area contributed by atoms with Gasteiger partial charge in [-0.2, -0.15) is 0 Å². The second-order valence-electron chi connectivity index (χ2n) is 5.67. The zero-order chi connectivity index (χ0) is 11.5. The molecule has 0 heterocycles. The lowest BCUT2D eigenvalue weighted by molar-refractivity contribution is 0.523. The van der Waals surface area contributed by atoms with Gasteiger partial charge in [-0.05, 0) is 55.2 Å². The van der Waals surface area contributed by atoms with Crippen molar-refractivity contribution in [1.82, 2.24) is 5.32 Å². The van der Waals surface area contributed by atoms with Gasteiger partial charge < -0.3 is 5.32 Å². The fraction of sp³-hybridized carbons (Fsp3) is 0.625. The zero-order valence-corrected chi connectivity index (χ0v) is 10.7. The molecule has 0 amide bonds. The Kier molecular flexibility index (Phi) is 3.46. The quantitative estimate of drug-likeness (QED) is 0.835. The predicted octanol–water partition coefficient (Wildman–Crippen LogP) is 3.60. The smallest absolute Gasteiger partial charge is 0.0208 e. The van der Waals surface area contributed by atoms with Crippen LogP contribution in [0.3, 0.4) is 0 Å². The van der Waals surface area contributed by atoms with Crippen LogP contribution in [0.4, 0.5) is 0 Å². The van der Waals surface area contributed by atoms with Gasteiger partial charge in [0.2, 0.25) is 0 Å². The third kappa shape index (κ3) is 2.71. The summed E-state index contributed by atoms with van der Waals surface area (Å²) in [7, 11) is 0. The van der Waals surface area contributed by atoms with Gasteiger partial charge >= 0.3 is 0 Å². The van der Waals surface area contributed by atoms with Gasteiger partial charge in [-0.15, -0.1) is 0 Å². The average molecular weight is 229 g/mol. The monoisotopic (exact) mass is 229 g/mol. The van der Waals surface area contributed by atoms with Crippen molar-refractivity contribution < 1.29 is 0 Å². The molecule has 0 aromatic heterocycles. The number of hydrogen-bond donors (Lipinski definition) is 1. The Hall–Kier alpha value is -0.820. The predicted molar refractivity (Wildman–Crippen MR) is 72.2 cm³/mol. The molecule has 0 atom stereocenters. The van der Waals surface area contributed by atoms with Crippen molar-refractivity contribution in [1.29, 1.82) is 0 Å². The summed E-state index contributed by atoms with van der Waals surface area (Å²) in [5.41, 5.74) is 4.69. The maximum absolute atomic E-state index is 3.70. The maximum atomic E-state index is 3.70. The Bertz CT molecular complexity index is 377. The van der Waals surface area contributed by atoms with Crippen LogP contribution in [0, 0.1) is 0 Å². The van der Waals surface area contributed by atoms with E-state index in [1.807, 2.05) is 0 Å². The minimum absolute atomic E-state index is 0.783. The van der Waals surface area contributed by atoms with Crippen LogP contribution in [0.25, 0.3) is 0 Å². The molecule has 0 spiro atoms. The van der Waals surface area contributed by atoms with Gasteiger partial charge in [-0.1, -0.05) is 31.0 Å². The molecule has 0 bridgehead atoms. The molecule has 1 N–H and O–H groups in total. The molecule has 1 nitrogen and oxygen atoms in total. The van der Waals surface area contributed by atoms with Gasteiger partial charge in [-0.25, -0.2) is 0 Å². The molecule has 92 valence electrons. The highest BCUT2D eigenvalue weighted by Crippen LogP contribution is 2.23. The van der Waals surface area contributed by atoms with Crippen molar-refractivity contribution >= 4 is 0 Å². The minimum atomic E-state index is 0.783. The molecule has 2 aliphatic rings. The Morgan fingerprint density at radius 1 is 0.941 bits per heavy atom. The highest BCUT2D eigenvalue weighted by Gasteiger charge is 2.14. The van der Waals surface area contributed by atoms with Gasteiger partial charge in [-0.3, -0.25) is 0 Å². The molecule has 1 fully saturated rings. The molecular weight excluding hydrogens is 206 g/mol. The second-order valence-corrected chi connectivity index (χ2v) is 5.67. The number of fused-ring (bicyclic) bond motifs is 1. The first kappa shape index (κ1) is 11.3. The van der Waals surface area contributed by atoms with E-state index in [1.54, 1.807) is 11.1 Å². The van der Waals surface area contributed by atoms with Crippen molar-refractivity contribution in [2.45, 2.75) is 64.0 Å². The van der Waals surface area contributed by atoms with Gasteiger partial charge in [0.1, 0.15) is 0 Å². The summed E-state index contributed by atoms with van der Waals surface area (Å²) in [5.74, 6) is 0. The van der Waals surface area contributed by atoms with Crippen molar-refractivity contribution in [2.24, 2.45) is 0 Å². The molecule has 2 aliphatic carbocycles. The van der Waals surface area contributed by atoms with Crippen molar-refractivity contribution in [3.63, 3.8) is 0 Å². The Balaban J connectivity index is 1.62. The van der Waals surface area contributed by atoms with Crippen LogP contribution in [0.5, 0.6) is 0 Å². The van der Waals surface area contributed by atoms with E-state index < -0.39 is 0 Å². The van der Waals surface area contributed by atoms with Crippen LogP contribution in [0.2, 0.25) is 0 Å². The molecule has 0 radical (unpaired) electrons. The van der Waals surface area contributed by atoms with E-state index in [-0.39, 0.29) is 0 Å². The summed E-state index contributed by atoms with van der Waals surface area (Å²) in [6, 6.07) is 7.91. The summed E-state index contributed by atoms with van der Waals surface area (Å²) in [6.45, 7) is 1.07. The lowest BCUT2D eigenvalue weighted by Gasteiger charge is -2.18. The zero-order valence-electron chi connectivity index (χ0n) is 10.7. The van der Waals surface area contributed by atoms with Gasteiger partial charge in [0.25, 0.3) is 0 Å². The van der Waals surface area contributed by atoms with E-state index in [9.17, 15) is 0 Å². The van der Waals surface area contributed by atoms with Crippen LogP contribution in [-0.4, -0.2) is 6.04 Å². The third-order valence-corrected chi connectivity index (χ3v) is 4.36. The standard InChI is InChI=1S/C16H23N/c1-2-6-15-11-13(9-10-14(15)5-1)12-17-16-7-3-4-8-16/h9-11,16-17H,1-8,12H2. The number of benzene rings is 1. The molecule has 1 heteroatoms. The Morgan fingerprint density at radius 3 is 2.53 bits per heavy atom. The number of rotatable bonds is 3. The summed E-state index contributed by atoms with van der Waals surface area (Å²) >= 11 is 0. The molecular formula is C16H23N. The van der Waals surface area contributed by atoms with E-state index in [1.165, 1.54) is 56.9 Å². The second kappa shape index (κ2) is 5.22. The van der Waals surface area contributed by atoms with E-state index in [0.29, 0.717) is 0 Å². The summed E-state index contributed by atoms with van der Waals surface area (Å²) in [5, 5.41) is 3.70. The van der Waals surface area contributed by atoms with Gasteiger partial charge in [0, 0.05) is 12.6 Å². The lowest BCUT2D eigenvalue weighted by atomic mass is 9.90. The van der Waals surface area contributed by atoms with Gasteiger partial charge in [0.15, 0.2) is 0 Å². The van der Waals surface area contributed by atoms with Crippen LogP contribution in [-0.2, 0) is 19.4 Å². The first-order valence-corrected chi connectivity index (χ1v) is 7.26. The summed E-state index contributed by atoms with van der Waals surface area (Å²) in [6.07, 6.45) is 11.0. The van der Waals surface area contributed by atoms with E-state index in [2.05, 4.69) is 23.5 Å². The maximum Gasteiger partial charge on any atom is 0.0208 e. The molecule has 3 rings (SSSR count). The summed E-state index contributed by atoms with van der Waals surface area (Å²) < 4.78 is 0. The number of aryl methyl sites for hydroxylation is 2. The lowest BCUT2D eigenvalue weighted by Crippen LogP contribution is -2.25. The highest BCUT2D eigenvalue weighted by atomic mass is 14.9. The topological polar surface area (TPSA) is 12.0 Å². The largest absolute Gasteiger partial charge is 0.310 e. The van der Waals surface area contributed by atoms with Crippen molar-refractivity contribution in [3.8, 4) is 0 Å². The van der Waals surface area contributed by atoms with Crippen LogP contribution in [0.15, 0.2) is 18.2 Å².